The van der Waals surface area contributed by atoms with E-state index < -0.39 is 12.1 Å². The van der Waals surface area contributed by atoms with Gasteiger partial charge in [0, 0.05) is 4.47 Å². The summed E-state index contributed by atoms with van der Waals surface area (Å²) in [4.78, 5) is 22.2. The van der Waals surface area contributed by atoms with Crippen LogP contribution < -0.4 is 10.6 Å². The molecule has 19 heavy (non-hydrogen) atoms. The molecule has 8 heteroatoms. The maximum atomic E-state index is 11.1. The van der Waals surface area contributed by atoms with E-state index in [2.05, 4.69) is 31.3 Å². The number of anilines is 1. The molecule has 0 saturated heterocycles. The first-order valence-electron chi connectivity index (χ1n) is 5.21. The van der Waals surface area contributed by atoms with Crippen molar-refractivity contribution in [2.45, 2.75) is 6.92 Å². The fourth-order valence-corrected chi connectivity index (χ4v) is 1.77. The molecule has 0 aromatic heterocycles. The molecule has 102 valence electrons. The van der Waals surface area contributed by atoms with Gasteiger partial charge in [-0.1, -0.05) is 15.9 Å². The molecule has 1 aromatic rings. The quantitative estimate of drug-likeness (QED) is 0.729. The Labute approximate surface area is 123 Å². The number of carbonyl (C=O) groups is 2. The summed E-state index contributed by atoms with van der Waals surface area (Å²) < 4.78 is 5.27. The Morgan fingerprint density at radius 3 is 2.74 bits per heavy atom. The summed E-state index contributed by atoms with van der Waals surface area (Å²) in [6.45, 7) is 1.88. The van der Waals surface area contributed by atoms with Gasteiger partial charge in [-0.15, -0.1) is 0 Å². The standard InChI is InChI=1S/C11H11BrN2O4S/c1-2-18-11(17)14-10(19)13-8-4-3-6(12)5-7(8)9(15)16/h3-5H,2H2,1H3,(H,15,16)(H2,13,14,17,19). The second kappa shape index (κ2) is 7.05. The van der Waals surface area contributed by atoms with Crippen LogP contribution in [0.5, 0.6) is 0 Å². The van der Waals surface area contributed by atoms with Gasteiger partial charge in [-0.05, 0) is 37.3 Å². The highest BCUT2D eigenvalue weighted by Crippen LogP contribution is 2.21. The number of aromatic carboxylic acids is 1. The molecule has 0 atom stereocenters. The van der Waals surface area contributed by atoms with Gasteiger partial charge in [0.1, 0.15) is 0 Å². The Morgan fingerprint density at radius 1 is 1.47 bits per heavy atom. The molecule has 0 aliphatic heterocycles. The van der Waals surface area contributed by atoms with Gasteiger partial charge in [0.15, 0.2) is 5.11 Å². The van der Waals surface area contributed by atoms with E-state index in [1.165, 1.54) is 12.1 Å². The summed E-state index contributed by atoms with van der Waals surface area (Å²) >= 11 is 8.06. The van der Waals surface area contributed by atoms with Crippen molar-refractivity contribution in [1.82, 2.24) is 5.32 Å². The van der Waals surface area contributed by atoms with Crippen LogP contribution in [0.25, 0.3) is 0 Å². The van der Waals surface area contributed by atoms with Crippen LogP contribution in [-0.2, 0) is 4.74 Å². The number of nitrogens with one attached hydrogen (secondary N) is 2. The summed E-state index contributed by atoms with van der Waals surface area (Å²) in [5.74, 6) is -1.11. The van der Waals surface area contributed by atoms with E-state index in [1.807, 2.05) is 0 Å². The zero-order chi connectivity index (χ0) is 14.4. The minimum atomic E-state index is -1.11. The lowest BCUT2D eigenvalue weighted by Gasteiger charge is -2.11. The van der Waals surface area contributed by atoms with E-state index in [0.29, 0.717) is 4.47 Å². The van der Waals surface area contributed by atoms with Crippen LogP contribution in [0.2, 0.25) is 0 Å². The number of carboxylic acids is 1. The number of thiocarbonyl (C=S) groups is 1. The van der Waals surface area contributed by atoms with Crippen LogP contribution in [-0.4, -0.2) is 28.9 Å². The van der Waals surface area contributed by atoms with E-state index in [1.54, 1.807) is 13.0 Å². The van der Waals surface area contributed by atoms with Crippen LogP contribution in [0.3, 0.4) is 0 Å². The Kier molecular flexibility index (Phi) is 5.71. The predicted octanol–water partition coefficient (Wildman–Crippen LogP) is 2.59. The normalized spacial score (nSPS) is 9.58. The van der Waals surface area contributed by atoms with E-state index in [0.717, 1.165) is 0 Å². The van der Waals surface area contributed by atoms with Gasteiger partial charge in [-0.2, -0.15) is 0 Å². The number of amides is 1. The van der Waals surface area contributed by atoms with Gasteiger partial charge in [-0.25, -0.2) is 9.59 Å². The first-order valence-corrected chi connectivity index (χ1v) is 6.41. The average Bonchev–Trinajstić information content (AvgIpc) is 2.31. The molecule has 6 nitrogen and oxygen atoms in total. The summed E-state index contributed by atoms with van der Waals surface area (Å²) in [6.07, 6.45) is -0.700. The van der Waals surface area contributed by atoms with Crippen molar-refractivity contribution in [2.75, 3.05) is 11.9 Å². The fraction of sp³-hybridized carbons (Fsp3) is 0.182. The summed E-state index contributed by atoms with van der Waals surface area (Å²) in [5, 5.41) is 13.9. The van der Waals surface area contributed by atoms with Gasteiger partial charge in [0.2, 0.25) is 0 Å². The molecule has 1 rings (SSSR count). The maximum absolute atomic E-state index is 11.1. The van der Waals surface area contributed by atoms with Crippen LogP contribution >= 0.6 is 28.1 Å². The molecule has 0 unspecified atom stereocenters. The SMILES string of the molecule is CCOC(=O)NC(=S)Nc1ccc(Br)cc1C(=O)O. The number of halogens is 1. The highest BCUT2D eigenvalue weighted by Gasteiger charge is 2.12. The number of carboxylic acid groups (broad SMARTS) is 1. The third-order valence-electron chi connectivity index (χ3n) is 1.95. The van der Waals surface area contributed by atoms with E-state index in [-0.39, 0.29) is 23.0 Å². The van der Waals surface area contributed by atoms with Crippen molar-refractivity contribution < 1.29 is 19.4 Å². The van der Waals surface area contributed by atoms with Crippen molar-refractivity contribution in [3.8, 4) is 0 Å². The Morgan fingerprint density at radius 2 is 2.16 bits per heavy atom. The van der Waals surface area contributed by atoms with Crippen LogP contribution in [0.4, 0.5) is 10.5 Å². The second-order valence-corrected chi connectivity index (χ2v) is 4.62. The number of ether oxygens (including phenoxy) is 1. The van der Waals surface area contributed by atoms with Gasteiger partial charge < -0.3 is 15.2 Å². The molecule has 0 aliphatic rings. The Hall–Kier alpha value is -1.67. The Bertz CT molecular complexity index is 521. The number of hydrogen-bond donors (Lipinski definition) is 3. The number of rotatable bonds is 3. The van der Waals surface area contributed by atoms with Gasteiger partial charge in [0.25, 0.3) is 0 Å². The smallest absolute Gasteiger partial charge is 0.413 e. The fourth-order valence-electron chi connectivity index (χ4n) is 1.22. The lowest BCUT2D eigenvalue weighted by molar-refractivity contribution is 0.0698. The van der Waals surface area contributed by atoms with Gasteiger partial charge in [0.05, 0.1) is 17.9 Å². The minimum absolute atomic E-state index is 0.0300. The lowest BCUT2D eigenvalue weighted by Crippen LogP contribution is -2.34. The molecule has 0 bridgehead atoms. The van der Waals surface area contributed by atoms with Crippen molar-refractivity contribution in [3.05, 3.63) is 28.2 Å². The molecule has 0 heterocycles. The van der Waals surface area contributed by atoms with E-state index in [9.17, 15) is 9.59 Å². The van der Waals surface area contributed by atoms with Crippen molar-refractivity contribution in [2.24, 2.45) is 0 Å². The first kappa shape index (κ1) is 15.4. The third-order valence-corrected chi connectivity index (χ3v) is 2.65. The average molecular weight is 347 g/mol. The van der Waals surface area contributed by atoms with Crippen molar-refractivity contribution >= 4 is 51.0 Å². The van der Waals surface area contributed by atoms with Crippen LogP contribution in [0.15, 0.2) is 22.7 Å². The number of hydrogen-bond acceptors (Lipinski definition) is 4. The van der Waals surface area contributed by atoms with Crippen molar-refractivity contribution in [3.63, 3.8) is 0 Å². The number of benzene rings is 1. The lowest BCUT2D eigenvalue weighted by atomic mass is 10.2. The zero-order valence-electron chi connectivity index (χ0n) is 9.90. The molecule has 0 fully saturated rings. The van der Waals surface area contributed by atoms with Gasteiger partial charge in [-0.3, -0.25) is 5.32 Å². The Balaban J connectivity index is 2.79. The molecule has 0 saturated carbocycles. The van der Waals surface area contributed by atoms with Gasteiger partial charge >= 0.3 is 12.1 Å². The minimum Gasteiger partial charge on any atom is -0.478 e. The van der Waals surface area contributed by atoms with Crippen LogP contribution in [0, 0.1) is 0 Å². The monoisotopic (exact) mass is 346 g/mol. The molecule has 1 amide bonds. The summed E-state index contributed by atoms with van der Waals surface area (Å²) in [6, 6.07) is 4.62. The maximum Gasteiger partial charge on any atom is 0.413 e. The summed E-state index contributed by atoms with van der Waals surface area (Å²) in [5.41, 5.74) is 0.305. The molecule has 0 spiro atoms. The molecule has 3 N–H and O–H groups in total. The van der Waals surface area contributed by atoms with E-state index >= 15 is 0 Å². The van der Waals surface area contributed by atoms with Crippen molar-refractivity contribution in [1.29, 1.82) is 0 Å². The summed E-state index contributed by atoms with van der Waals surface area (Å²) in [7, 11) is 0. The highest BCUT2D eigenvalue weighted by molar-refractivity contribution is 9.10. The molecular weight excluding hydrogens is 336 g/mol. The third kappa shape index (κ3) is 4.84. The largest absolute Gasteiger partial charge is 0.478 e. The zero-order valence-corrected chi connectivity index (χ0v) is 12.3. The number of alkyl carbamates (subject to hydrolysis) is 1. The van der Waals surface area contributed by atoms with E-state index in [4.69, 9.17) is 17.3 Å². The molecule has 0 radical (unpaired) electrons. The second-order valence-electron chi connectivity index (χ2n) is 3.29. The molecule has 1 aromatic carbocycles. The first-order chi connectivity index (χ1) is 8.93. The number of carbonyl (C=O) groups excluding carboxylic acids is 1. The molecular formula is C11H11BrN2O4S. The highest BCUT2D eigenvalue weighted by atomic mass is 79.9. The predicted molar refractivity (Wildman–Crippen MR) is 77.5 cm³/mol. The topological polar surface area (TPSA) is 87.7 Å². The van der Waals surface area contributed by atoms with Crippen LogP contribution in [0.1, 0.15) is 17.3 Å². The molecule has 0 aliphatic carbocycles.